The second-order valence-corrected chi connectivity index (χ2v) is 5.87. The van der Waals surface area contributed by atoms with Crippen LogP contribution in [0.5, 0.6) is 5.75 Å². The number of hydrogen-bond acceptors (Lipinski definition) is 3. The maximum absolute atomic E-state index is 12.2. The highest BCUT2D eigenvalue weighted by molar-refractivity contribution is 6.28. The van der Waals surface area contributed by atoms with Crippen molar-refractivity contribution in [1.82, 2.24) is 10.4 Å². The number of methoxy groups -OCH3 is 1. The van der Waals surface area contributed by atoms with E-state index >= 15 is 0 Å². The molecule has 25 heavy (non-hydrogen) atoms. The van der Waals surface area contributed by atoms with Crippen LogP contribution >= 0.6 is 0 Å². The zero-order valence-electron chi connectivity index (χ0n) is 13.7. The van der Waals surface area contributed by atoms with Crippen LogP contribution in [0.1, 0.15) is 11.1 Å². The van der Waals surface area contributed by atoms with Gasteiger partial charge in [0.15, 0.2) is 0 Å². The van der Waals surface area contributed by atoms with Crippen LogP contribution in [0.25, 0.3) is 17.0 Å². The van der Waals surface area contributed by atoms with Crippen molar-refractivity contribution in [3.63, 3.8) is 0 Å². The first kappa shape index (κ1) is 15.2. The first-order chi connectivity index (χ1) is 12.2. The molecule has 0 saturated heterocycles. The van der Waals surface area contributed by atoms with Crippen LogP contribution in [0.2, 0.25) is 0 Å². The van der Waals surface area contributed by atoms with Gasteiger partial charge in [0.05, 0.1) is 18.4 Å². The second kappa shape index (κ2) is 6.28. The number of rotatable bonds is 4. The number of aromatic nitrogens is 1. The van der Waals surface area contributed by atoms with Crippen LogP contribution in [0.4, 0.5) is 0 Å². The van der Waals surface area contributed by atoms with E-state index in [1.54, 1.807) is 7.11 Å². The smallest absolute Gasteiger partial charge is 0.273 e. The van der Waals surface area contributed by atoms with E-state index in [4.69, 9.17) is 4.74 Å². The Balaban J connectivity index is 1.65. The summed E-state index contributed by atoms with van der Waals surface area (Å²) in [5.74, 6) is 0.634. The SMILES string of the molecule is COc1ccc(CC2=NNC(=O)/C2=C\c2c[nH]c3ccccc23)cc1. The van der Waals surface area contributed by atoms with Crippen molar-refractivity contribution < 1.29 is 9.53 Å². The molecular weight excluding hydrogens is 314 g/mol. The highest BCUT2D eigenvalue weighted by Crippen LogP contribution is 2.23. The number of carbonyl (C=O) groups is 1. The molecule has 2 heterocycles. The van der Waals surface area contributed by atoms with E-state index in [1.807, 2.05) is 60.8 Å². The standard InChI is InChI=1S/C20H17N3O2/c1-25-15-8-6-13(7-9-15)10-19-17(20(24)23-22-19)11-14-12-21-18-5-3-2-4-16(14)18/h2-9,11-12,21H,10H2,1H3,(H,23,24)/b17-11-. The monoisotopic (exact) mass is 331 g/mol. The summed E-state index contributed by atoms with van der Waals surface area (Å²) >= 11 is 0. The number of nitrogens with zero attached hydrogens (tertiary/aromatic N) is 1. The van der Waals surface area contributed by atoms with Gasteiger partial charge in [-0.15, -0.1) is 0 Å². The number of benzene rings is 2. The lowest BCUT2D eigenvalue weighted by Gasteiger charge is -2.04. The molecule has 5 heteroatoms. The minimum Gasteiger partial charge on any atom is -0.497 e. The third-order valence-corrected chi connectivity index (χ3v) is 4.30. The van der Waals surface area contributed by atoms with Gasteiger partial charge in [0.2, 0.25) is 0 Å². The molecule has 1 amide bonds. The van der Waals surface area contributed by atoms with E-state index in [9.17, 15) is 4.79 Å². The molecule has 0 bridgehead atoms. The van der Waals surface area contributed by atoms with Crippen LogP contribution < -0.4 is 10.2 Å². The molecule has 0 unspecified atom stereocenters. The molecule has 124 valence electrons. The number of hydrogen-bond donors (Lipinski definition) is 2. The van der Waals surface area contributed by atoms with Crippen molar-refractivity contribution in [2.75, 3.05) is 7.11 Å². The van der Waals surface area contributed by atoms with Gasteiger partial charge in [0.1, 0.15) is 5.75 Å². The Bertz CT molecular complexity index is 997. The number of carbonyl (C=O) groups excluding carboxylic acids is 1. The van der Waals surface area contributed by atoms with Crippen molar-refractivity contribution in [3.8, 4) is 5.75 Å². The number of hydrazone groups is 1. The Kier molecular flexibility index (Phi) is 3.82. The largest absolute Gasteiger partial charge is 0.497 e. The number of amides is 1. The molecule has 4 rings (SSSR count). The van der Waals surface area contributed by atoms with E-state index in [2.05, 4.69) is 15.5 Å². The van der Waals surface area contributed by atoms with Crippen LogP contribution in [0.15, 0.2) is 65.4 Å². The quantitative estimate of drug-likeness (QED) is 0.721. The Labute approximate surface area is 145 Å². The molecule has 2 aromatic carbocycles. The van der Waals surface area contributed by atoms with E-state index in [-0.39, 0.29) is 5.91 Å². The molecule has 0 saturated carbocycles. The number of H-pyrrole nitrogens is 1. The van der Waals surface area contributed by atoms with E-state index in [0.29, 0.717) is 12.0 Å². The average molecular weight is 331 g/mol. The average Bonchev–Trinajstić information content (AvgIpc) is 3.21. The maximum atomic E-state index is 12.2. The first-order valence-electron chi connectivity index (χ1n) is 8.02. The van der Waals surface area contributed by atoms with Gasteiger partial charge in [0.25, 0.3) is 5.91 Å². The second-order valence-electron chi connectivity index (χ2n) is 5.87. The Morgan fingerprint density at radius 2 is 1.92 bits per heavy atom. The Morgan fingerprint density at radius 1 is 1.12 bits per heavy atom. The molecule has 0 fully saturated rings. The fourth-order valence-corrected chi connectivity index (χ4v) is 2.96. The topological polar surface area (TPSA) is 66.5 Å². The predicted molar refractivity (Wildman–Crippen MR) is 98.6 cm³/mol. The van der Waals surface area contributed by atoms with Crippen LogP contribution in [0, 0.1) is 0 Å². The van der Waals surface area contributed by atoms with Crippen LogP contribution in [0.3, 0.4) is 0 Å². The number of nitrogens with one attached hydrogen (secondary N) is 2. The van der Waals surface area contributed by atoms with Crippen LogP contribution in [-0.4, -0.2) is 23.7 Å². The van der Waals surface area contributed by atoms with Gasteiger partial charge in [-0.3, -0.25) is 4.79 Å². The molecule has 0 spiro atoms. The fourth-order valence-electron chi connectivity index (χ4n) is 2.96. The molecule has 1 aromatic heterocycles. The van der Waals surface area contributed by atoms with Crippen molar-refractivity contribution in [1.29, 1.82) is 0 Å². The summed E-state index contributed by atoms with van der Waals surface area (Å²) in [4.78, 5) is 15.4. The van der Waals surface area contributed by atoms with Gasteiger partial charge in [-0.1, -0.05) is 30.3 Å². The van der Waals surface area contributed by atoms with E-state index < -0.39 is 0 Å². The number of ether oxygens (including phenoxy) is 1. The van der Waals surface area contributed by atoms with Gasteiger partial charge < -0.3 is 9.72 Å². The van der Waals surface area contributed by atoms with Crippen LogP contribution in [-0.2, 0) is 11.2 Å². The zero-order chi connectivity index (χ0) is 17.2. The summed E-state index contributed by atoms with van der Waals surface area (Å²) < 4.78 is 5.18. The van der Waals surface area contributed by atoms with E-state index in [1.165, 1.54) is 0 Å². The summed E-state index contributed by atoms with van der Waals surface area (Å²) in [5, 5.41) is 5.29. The minimum atomic E-state index is -0.172. The Morgan fingerprint density at radius 3 is 2.72 bits per heavy atom. The maximum Gasteiger partial charge on any atom is 0.273 e. The molecular formula is C20H17N3O2. The van der Waals surface area contributed by atoms with Gasteiger partial charge in [-0.05, 0) is 29.8 Å². The Hall–Kier alpha value is -3.34. The highest BCUT2D eigenvalue weighted by Gasteiger charge is 2.23. The summed E-state index contributed by atoms with van der Waals surface area (Å²) in [6, 6.07) is 15.8. The molecule has 1 aliphatic rings. The summed E-state index contributed by atoms with van der Waals surface area (Å²) in [6.45, 7) is 0. The van der Waals surface area contributed by atoms with Gasteiger partial charge in [0, 0.05) is 29.1 Å². The normalized spacial score (nSPS) is 15.5. The fraction of sp³-hybridized carbons (Fsp3) is 0.100. The summed E-state index contributed by atoms with van der Waals surface area (Å²) in [7, 11) is 1.64. The van der Waals surface area contributed by atoms with Crippen molar-refractivity contribution in [2.45, 2.75) is 6.42 Å². The lowest BCUT2D eigenvalue weighted by molar-refractivity contribution is -0.116. The lowest BCUT2D eigenvalue weighted by Crippen LogP contribution is -2.13. The molecule has 2 N–H and O–H groups in total. The van der Waals surface area contributed by atoms with E-state index in [0.717, 1.165) is 33.5 Å². The summed E-state index contributed by atoms with van der Waals surface area (Å²) in [5.41, 5.74) is 6.99. The minimum absolute atomic E-state index is 0.172. The first-order valence-corrected chi connectivity index (χ1v) is 8.02. The van der Waals surface area contributed by atoms with Gasteiger partial charge in [-0.25, -0.2) is 5.43 Å². The zero-order valence-corrected chi connectivity index (χ0v) is 13.7. The molecule has 0 aliphatic carbocycles. The highest BCUT2D eigenvalue weighted by atomic mass is 16.5. The lowest BCUT2D eigenvalue weighted by atomic mass is 10.00. The molecule has 5 nitrogen and oxygen atoms in total. The molecule has 1 aliphatic heterocycles. The predicted octanol–water partition coefficient (Wildman–Crippen LogP) is 3.29. The van der Waals surface area contributed by atoms with Crippen molar-refractivity contribution in [3.05, 3.63) is 71.4 Å². The number of aromatic amines is 1. The van der Waals surface area contributed by atoms with Gasteiger partial charge >= 0.3 is 0 Å². The summed E-state index contributed by atoms with van der Waals surface area (Å²) in [6.07, 6.45) is 4.38. The van der Waals surface area contributed by atoms with Gasteiger partial charge in [-0.2, -0.15) is 5.10 Å². The third-order valence-electron chi connectivity index (χ3n) is 4.30. The number of fused-ring (bicyclic) bond motifs is 1. The van der Waals surface area contributed by atoms with Crippen molar-refractivity contribution in [2.24, 2.45) is 5.10 Å². The number of para-hydroxylation sites is 1. The molecule has 3 aromatic rings. The third kappa shape index (κ3) is 2.92. The van der Waals surface area contributed by atoms with Crippen molar-refractivity contribution >= 4 is 28.6 Å². The molecule has 0 radical (unpaired) electrons. The molecule has 0 atom stereocenters.